The summed E-state index contributed by atoms with van der Waals surface area (Å²) < 4.78 is 0. The van der Waals surface area contributed by atoms with E-state index in [0.717, 1.165) is 18.5 Å². The van der Waals surface area contributed by atoms with Crippen LogP contribution in [0.5, 0.6) is 0 Å². The molecule has 0 saturated carbocycles. The molecule has 0 saturated heterocycles. The molecular weight excluding hydrogens is 372 g/mol. The van der Waals surface area contributed by atoms with Crippen LogP contribution in [0.25, 0.3) is 11.1 Å². The Balaban J connectivity index is 1.53. The molecule has 4 rings (SSSR count). The van der Waals surface area contributed by atoms with Crippen molar-refractivity contribution in [3.8, 4) is 11.1 Å². The van der Waals surface area contributed by atoms with Crippen molar-refractivity contribution in [2.75, 3.05) is 0 Å². The van der Waals surface area contributed by atoms with Gasteiger partial charge in [-0.2, -0.15) is 0 Å². The van der Waals surface area contributed by atoms with Crippen LogP contribution >= 0.6 is 0 Å². The fourth-order valence-corrected chi connectivity index (χ4v) is 4.37. The first kappa shape index (κ1) is 20.3. The molecule has 2 N–H and O–H groups in total. The number of fused-ring (bicyclic) bond motifs is 1. The number of rotatable bonds is 6. The quantitative estimate of drug-likeness (QED) is 0.561. The largest absolute Gasteiger partial charge is 0.478 e. The zero-order valence-electron chi connectivity index (χ0n) is 17.8. The highest BCUT2D eigenvalue weighted by Gasteiger charge is 2.23. The second-order valence-corrected chi connectivity index (χ2v) is 8.45. The highest BCUT2D eigenvalue weighted by atomic mass is 16.4. The van der Waals surface area contributed by atoms with Gasteiger partial charge in [-0.25, -0.2) is 4.79 Å². The molecule has 0 spiro atoms. The van der Waals surface area contributed by atoms with Gasteiger partial charge in [-0.1, -0.05) is 44.2 Å². The number of hydrogen-bond donors (Lipinski definition) is 2. The summed E-state index contributed by atoms with van der Waals surface area (Å²) in [6, 6.07) is 15.3. The van der Waals surface area contributed by atoms with Crippen molar-refractivity contribution in [2.45, 2.75) is 52.1 Å². The predicted octanol–water partition coefficient (Wildman–Crippen LogP) is 5.66. The van der Waals surface area contributed by atoms with Crippen LogP contribution in [-0.2, 0) is 13.0 Å². The lowest BCUT2D eigenvalue weighted by molar-refractivity contribution is 0.0695. The number of nitrogens with zero attached hydrogens (tertiary/aromatic N) is 1. The van der Waals surface area contributed by atoms with Crippen LogP contribution in [0, 0.1) is 6.92 Å². The Hall–Kier alpha value is -2.98. The van der Waals surface area contributed by atoms with E-state index in [1.807, 2.05) is 0 Å². The molecule has 1 aromatic heterocycles. The molecule has 154 valence electrons. The SMILES string of the molecule is Cc1cc(C(C)C)ccc1-c1ccc2c(c1)CN[C@H]2CCc1cnccc1C(=O)O. The summed E-state index contributed by atoms with van der Waals surface area (Å²) in [7, 11) is 0. The standard InChI is InChI=1S/C26H28N2O2/c1-16(2)18-4-7-22(17(3)12-18)19-5-8-23-21(13-19)15-28-25(23)9-6-20-14-27-11-10-24(20)26(29)30/h4-5,7-8,10-14,16,25,28H,6,9,15H2,1-3H3,(H,29,30)/t25-/m0/s1. The van der Waals surface area contributed by atoms with Crippen LogP contribution in [0.4, 0.5) is 0 Å². The fourth-order valence-electron chi connectivity index (χ4n) is 4.37. The normalized spacial score (nSPS) is 15.4. The Morgan fingerprint density at radius 1 is 1.20 bits per heavy atom. The summed E-state index contributed by atoms with van der Waals surface area (Å²) in [5, 5.41) is 13.0. The third-order valence-corrected chi connectivity index (χ3v) is 6.12. The van der Waals surface area contributed by atoms with Crippen molar-refractivity contribution in [3.05, 3.63) is 88.2 Å². The second-order valence-electron chi connectivity index (χ2n) is 8.45. The number of carboxylic acids is 1. The van der Waals surface area contributed by atoms with Crippen LogP contribution in [0.15, 0.2) is 54.9 Å². The maximum atomic E-state index is 11.4. The van der Waals surface area contributed by atoms with Gasteiger partial charge in [0.05, 0.1) is 5.56 Å². The van der Waals surface area contributed by atoms with Gasteiger partial charge in [-0.3, -0.25) is 4.98 Å². The lowest BCUT2D eigenvalue weighted by Gasteiger charge is -2.14. The average Bonchev–Trinajstić information content (AvgIpc) is 3.14. The number of carboxylic acid groups (broad SMARTS) is 1. The molecule has 4 nitrogen and oxygen atoms in total. The first-order chi connectivity index (χ1) is 14.4. The highest BCUT2D eigenvalue weighted by molar-refractivity contribution is 5.89. The summed E-state index contributed by atoms with van der Waals surface area (Å²) in [5.74, 6) is -0.361. The van der Waals surface area contributed by atoms with E-state index in [9.17, 15) is 9.90 Å². The molecule has 1 atom stereocenters. The molecule has 0 bridgehead atoms. The maximum absolute atomic E-state index is 11.4. The summed E-state index contributed by atoms with van der Waals surface area (Å²) in [4.78, 5) is 15.5. The van der Waals surface area contributed by atoms with E-state index >= 15 is 0 Å². The summed E-state index contributed by atoms with van der Waals surface area (Å²) in [6.45, 7) is 7.47. The van der Waals surface area contributed by atoms with Gasteiger partial charge in [-0.05, 0) is 76.8 Å². The molecule has 2 aromatic carbocycles. The summed E-state index contributed by atoms with van der Waals surface area (Å²) in [5.41, 5.74) is 9.00. The zero-order chi connectivity index (χ0) is 21.3. The summed E-state index contributed by atoms with van der Waals surface area (Å²) in [6.07, 6.45) is 4.74. The van der Waals surface area contributed by atoms with Crippen molar-refractivity contribution in [1.82, 2.24) is 10.3 Å². The lowest BCUT2D eigenvalue weighted by atomic mass is 9.91. The van der Waals surface area contributed by atoms with Gasteiger partial charge in [0.15, 0.2) is 0 Å². The van der Waals surface area contributed by atoms with E-state index in [2.05, 4.69) is 67.5 Å². The Kier molecular flexibility index (Phi) is 5.69. The molecule has 2 heterocycles. The number of aromatic nitrogens is 1. The zero-order valence-corrected chi connectivity index (χ0v) is 17.8. The van der Waals surface area contributed by atoms with Gasteiger partial charge in [0.2, 0.25) is 0 Å². The third-order valence-electron chi connectivity index (χ3n) is 6.12. The fraction of sp³-hybridized carbons (Fsp3) is 0.308. The van der Waals surface area contributed by atoms with Crippen molar-refractivity contribution in [3.63, 3.8) is 0 Å². The lowest BCUT2D eigenvalue weighted by Crippen LogP contribution is -2.13. The second kappa shape index (κ2) is 8.41. The Morgan fingerprint density at radius 2 is 2.03 bits per heavy atom. The van der Waals surface area contributed by atoms with Crippen LogP contribution in [0.3, 0.4) is 0 Å². The Morgan fingerprint density at radius 3 is 2.77 bits per heavy atom. The van der Waals surface area contributed by atoms with Crippen LogP contribution in [0.1, 0.15) is 70.4 Å². The van der Waals surface area contributed by atoms with E-state index in [1.165, 1.54) is 39.6 Å². The number of benzene rings is 2. The van der Waals surface area contributed by atoms with Gasteiger partial charge in [0.1, 0.15) is 0 Å². The molecule has 3 aromatic rings. The van der Waals surface area contributed by atoms with E-state index in [4.69, 9.17) is 0 Å². The highest BCUT2D eigenvalue weighted by Crippen LogP contribution is 2.34. The Bertz CT molecular complexity index is 1090. The van der Waals surface area contributed by atoms with Crippen LogP contribution < -0.4 is 5.32 Å². The minimum Gasteiger partial charge on any atom is -0.478 e. The Labute approximate surface area is 178 Å². The maximum Gasteiger partial charge on any atom is 0.336 e. The molecule has 0 unspecified atom stereocenters. The van der Waals surface area contributed by atoms with Crippen molar-refractivity contribution in [1.29, 1.82) is 0 Å². The molecule has 0 aliphatic carbocycles. The van der Waals surface area contributed by atoms with Gasteiger partial charge in [-0.15, -0.1) is 0 Å². The van der Waals surface area contributed by atoms with Crippen molar-refractivity contribution in [2.24, 2.45) is 0 Å². The first-order valence-electron chi connectivity index (χ1n) is 10.6. The van der Waals surface area contributed by atoms with E-state index in [0.29, 0.717) is 17.9 Å². The van der Waals surface area contributed by atoms with Gasteiger partial charge >= 0.3 is 5.97 Å². The van der Waals surface area contributed by atoms with E-state index in [-0.39, 0.29) is 6.04 Å². The number of aryl methyl sites for hydroxylation is 2. The third kappa shape index (κ3) is 4.01. The molecule has 30 heavy (non-hydrogen) atoms. The molecular formula is C26H28N2O2. The summed E-state index contributed by atoms with van der Waals surface area (Å²) >= 11 is 0. The molecule has 4 heteroatoms. The number of hydrogen-bond acceptors (Lipinski definition) is 3. The monoisotopic (exact) mass is 400 g/mol. The molecule has 0 radical (unpaired) electrons. The average molecular weight is 401 g/mol. The van der Waals surface area contributed by atoms with Crippen molar-refractivity contribution >= 4 is 5.97 Å². The van der Waals surface area contributed by atoms with E-state index in [1.54, 1.807) is 12.3 Å². The number of pyridine rings is 1. The minimum atomic E-state index is -0.893. The molecule has 0 fully saturated rings. The molecule has 0 amide bonds. The predicted molar refractivity (Wildman–Crippen MR) is 120 cm³/mol. The number of carbonyl (C=O) groups is 1. The van der Waals surface area contributed by atoms with Gasteiger partial charge < -0.3 is 10.4 Å². The molecule has 1 aliphatic rings. The number of aromatic carboxylic acids is 1. The number of nitrogens with one attached hydrogen (secondary N) is 1. The van der Waals surface area contributed by atoms with E-state index < -0.39 is 5.97 Å². The minimum absolute atomic E-state index is 0.236. The molecule has 1 aliphatic heterocycles. The van der Waals surface area contributed by atoms with Crippen LogP contribution in [-0.4, -0.2) is 16.1 Å². The first-order valence-corrected chi connectivity index (χ1v) is 10.6. The van der Waals surface area contributed by atoms with Gasteiger partial charge in [0.25, 0.3) is 0 Å². The van der Waals surface area contributed by atoms with Crippen LogP contribution in [0.2, 0.25) is 0 Å². The topological polar surface area (TPSA) is 62.2 Å². The van der Waals surface area contributed by atoms with Gasteiger partial charge in [0, 0.05) is 25.0 Å². The smallest absolute Gasteiger partial charge is 0.336 e. The van der Waals surface area contributed by atoms with Crippen molar-refractivity contribution < 1.29 is 9.90 Å².